The number of nitrogens with one attached hydrogen (secondary N) is 1. The highest BCUT2D eigenvalue weighted by Gasteiger charge is 2.16. The third-order valence-electron chi connectivity index (χ3n) is 5.08. The maximum Gasteiger partial charge on any atom is 0.249 e. The van der Waals surface area contributed by atoms with Gasteiger partial charge >= 0.3 is 0 Å². The molecule has 1 aliphatic heterocycles. The quantitative estimate of drug-likeness (QED) is 0.565. The Balaban J connectivity index is 0.000000287. The molecular weight excluding hydrogens is 410 g/mol. The number of thiophene rings is 1. The fraction of sp³-hybridized carbons (Fsp3) is 0.250. The monoisotopic (exact) mass is 437 g/mol. The number of hydrogen-bond acceptors (Lipinski definition) is 5. The summed E-state index contributed by atoms with van der Waals surface area (Å²) in [5.41, 5.74) is 14.6. The van der Waals surface area contributed by atoms with Gasteiger partial charge in [0.2, 0.25) is 11.8 Å². The molecule has 2 amide bonds. The number of amides is 2. The van der Waals surface area contributed by atoms with E-state index in [1.165, 1.54) is 11.3 Å². The van der Waals surface area contributed by atoms with Crippen LogP contribution < -0.4 is 21.5 Å². The van der Waals surface area contributed by atoms with Gasteiger partial charge in [0, 0.05) is 16.5 Å². The Bertz CT molecular complexity index is 1010. The number of rotatable bonds is 5. The summed E-state index contributed by atoms with van der Waals surface area (Å²) in [7, 11) is 0. The van der Waals surface area contributed by atoms with E-state index in [-0.39, 0.29) is 12.0 Å². The first-order chi connectivity index (χ1) is 14.9. The molecule has 2 heterocycles. The van der Waals surface area contributed by atoms with Gasteiger partial charge in [0.05, 0.1) is 0 Å². The fourth-order valence-electron chi connectivity index (χ4n) is 3.23. The minimum absolute atomic E-state index is 0.280. The summed E-state index contributed by atoms with van der Waals surface area (Å²) >= 11 is 1.47. The Morgan fingerprint density at radius 3 is 2.13 bits per heavy atom. The highest BCUT2D eigenvalue weighted by Crippen LogP contribution is 2.29. The molecule has 5 N–H and O–H groups in total. The Hall–Kier alpha value is -3.16. The van der Waals surface area contributed by atoms with Gasteiger partial charge in [0.15, 0.2) is 0 Å². The average molecular weight is 438 g/mol. The molecule has 1 aromatic heterocycles. The standard InChI is InChI=1S/C19H22N2O2.C5H5NOS/c1-13-2-3-16(14-4-6-15(7-5-14)19(20)22)12-18(13)23-17-8-10-21-11-9-17;6-5(7)4-1-2-8-3-4/h2-7,12,17,21H,8-11H2,1H3,(H2,20,22);1-3H,(H2,6,7). The summed E-state index contributed by atoms with van der Waals surface area (Å²) in [4.78, 5) is 21.5. The molecule has 0 saturated carbocycles. The van der Waals surface area contributed by atoms with Crippen LogP contribution in [0.25, 0.3) is 11.1 Å². The van der Waals surface area contributed by atoms with Crippen LogP contribution in [0.3, 0.4) is 0 Å². The van der Waals surface area contributed by atoms with Crippen molar-refractivity contribution >= 4 is 23.2 Å². The lowest BCUT2D eigenvalue weighted by Crippen LogP contribution is -2.34. The molecule has 31 heavy (non-hydrogen) atoms. The average Bonchev–Trinajstić information content (AvgIpc) is 3.32. The highest BCUT2D eigenvalue weighted by molar-refractivity contribution is 7.08. The van der Waals surface area contributed by atoms with Crippen molar-refractivity contribution in [1.82, 2.24) is 5.32 Å². The molecule has 3 aromatic rings. The largest absolute Gasteiger partial charge is 0.490 e. The number of hydrogen-bond donors (Lipinski definition) is 3. The molecule has 0 atom stereocenters. The van der Waals surface area contributed by atoms with Gasteiger partial charge in [-0.05, 0) is 79.2 Å². The molecule has 162 valence electrons. The lowest BCUT2D eigenvalue weighted by Gasteiger charge is -2.25. The molecule has 6 nitrogen and oxygen atoms in total. The van der Waals surface area contributed by atoms with Gasteiger partial charge in [-0.1, -0.05) is 24.3 Å². The summed E-state index contributed by atoms with van der Waals surface area (Å²) < 4.78 is 6.20. The molecule has 1 fully saturated rings. The Morgan fingerprint density at radius 1 is 0.935 bits per heavy atom. The van der Waals surface area contributed by atoms with Crippen molar-refractivity contribution < 1.29 is 14.3 Å². The van der Waals surface area contributed by atoms with E-state index in [1.54, 1.807) is 23.6 Å². The number of carbonyl (C=O) groups excluding carboxylic acids is 2. The number of nitrogens with two attached hydrogens (primary N) is 2. The molecule has 0 unspecified atom stereocenters. The molecule has 1 aliphatic rings. The fourth-order valence-corrected chi connectivity index (χ4v) is 3.88. The molecule has 0 spiro atoms. The van der Waals surface area contributed by atoms with Gasteiger partial charge < -0.3 is 21.5 Å². The molecule has 0 radical (unpaired) electrons. The number of ether oxygens (including phenoxy) is 1. The first-order valence-electron chi connectivity index (χ1n) is 10.1. The maximum absolute atomic E-state index is 11.2. The zero-order valence-electron chi connectivity index (χ0n) is 17.5. The molecular formula is C24H27N3O3S. The summed E-state index contributed by atoms with van der Waals surface area (Å²) in [6.07, 6.45) is 2.36. The predicted molar refractivity (Wildman–Crippen MR) is 124 cm³/mol. The van der Waals surface area contributed by atoms with E-state index in [9.17, 15) is 9.59 Å². The van der Waals surface area contributed by atoms with Crippen molar-refractivity contribution in [2.45, 2.75) is 25.9 Å². The van der Waals surface area contributed by atoms with Gasteiger partial charge in [0.25, 0.3) is 0 Å². The third-order valence-corrected chi connectivity index (χ3v) is 5.76. The van der Waals surface area contributed by atoms with E-state index >= 15 is 0 Å². The van der Waals surface area contributed by atoms with Gasteiger partial charge in [-0.15, -0.1) is 0 Å². The van der Waals surface area contributed by atoms with Crippen LogP contribution in [0, 0.1) is 6.92 Å². The molecule has 0 bridgehead atoms. The van der Waals surface area contributed by atoms with E-state index in [4.69, 9.17) is 16.2 Å². The Morgan fingerprint density at radius 2 is 1.58 bits per heavy atom. The summed E-state index contributed by atoms with van der Waals surface area (Å²) in [6, 6.07) is 15.3. The van der Waals surface area contributed by atoms with Crippen molar-refractivity contribution in [3.05, 3.63) is 76.0 Å². The van der Waals surface area contributed by atoms with E-state index in [0.717, 1.165) is 48.4 Å². The smallest absolute Gasteiger partial charge is 0.249 e. The third kappa shape index (κ3) is 6.41. The Labute approximate surface area is 186 Å². The molecule has 2 aromatic carbocycles. The van der Waals surface area contributed by atoms with Gasteiger partial charge in [-0.25, -0.2) is 0 Å². The maximum atomic E-state index is 11.2. The van der Waals surface area contributed by atoms with E-state index in [0.29, 0.717) is 11.1 Å². The number of primary amides is 2. The molecule has 7 heteroatoms. The van der Waals surface area contributed by atoms with Gasteiger partial charge in [0.1, 0.15) is 11.9 Å². The first-order valence-corrected chi connectivity index (χ1v) is 11.1. The predicted octanol–water partition coefficient (Wildman–Crippen LogP) is 3.74. The van der Waals surface area contributed by atoms with E-state index in [2.05, 4.69) is 30.4 Å². The second-order valence-electron chi connectivity index (χ2n) is 7.37. The molecule has 1 saturated heterocycles. The zero-order valence-corrected chi connectivity index (χ0v) is 18.3. The van der Waals surface area contributed by atoms with Crippen LogP contribution in [-0.4, -0.2) is 31.0 Å². The van der Waals surface area contributed by atoms with Crippen molar-refractivity contribution in [2.24, 2.45) is 11.5 Å². The molecule has 4 rings (SSSR count). The van der Waals surface area contributed by atoms with Crippen LogP contribution in [-0.2, 0) is 0 Å². The second kappa shape index (κ2) is 10.7. The van der Waals surface area contributed by atoms with Crippen molar-refractivity contribution in [3.8, 4) is 16.9 Å². The van der Waals surface area contributed by atoms with Crippen molar-refractivity contribution in [3.63, 3.8) is 0 Å². The minimum atomic E-state index is -0.407. The summed E-state index contributed by atoms with van der Waals surface area (Å²) in [5, 5.41) is 6.89. The lowest BCUT2D eigenvalue weighted by molar-refractivity contribution is 0.0992. The zero-order chi connectivity index (χ0) is 22.2. The SMILES string of the molecule is Cc1ccc(-c2ccc(C(N)=O)cc2)cc1OC1CCNCC1.NC(=O)c1ccsc1. The van der Waals surface area contributed by atoms with Crippen LogP contribution >= 0.6 is 11.3 Å². The lowest BCUT2D eigenvalue weighted by atomic mass is 10.0. The number of benzene rings is 2. The van der Waals surface area contributed by atoms with Crippen molar-refractivity contribution in [1.29, 1.82) is 0 Å². The van der Waals surface area contributed by atoms with Crippen LogP contribution in [0.2, 0.25) is 0 Å². The molecule has 0 aliphatic carbocycles. The minimum Gasteiger partial charge on any atom is -0.490 e. The normalized spacial score (nSPS) is 13.7. The van der Waals surface area contributed by atoms with Crippen LogP contribution in [0.4, 0.5) is 0 Å². The summed E-state index contributed by atoms with van der Waals surface area (Å²) in [5.74, 6) is 0.176. The van der Waals surface area contributed by atoms with Crippen LogP contribution in [0.5, 0.6) is 5.75 Å². The Kier molecular flexibility index (Phi) is 7.81. The number of piperidine rings is 1. The van der Waals surface area contributed by atoms with Gasteiger partial charge in [-0.3, -0.25) is 9.59 Å². The number of carbonyl (C=O) groups is 2. The second-order valence-corrected chi connectivity index (χ2v) is 8.15. The van der Waals surface area contributed by atoms with Crippen molar-refractivity contribution in [2.75, 3.05) is 13.1 Å². The number of aryl methyl sites for hydroxylation is 1. The van der Waals surface area contributed by atoms with E-state index < -0.39 is 5.91 Å². The van der Waals surface area contributed by atoms with Crippen LogP contribution in [0.15, 0.2) is 59.3 Å². The summed E-state index contributed by atoms with van der Waals surface area (Å²) in [6.45, 7) is 4.09. The van der Waals surface area contributed by atoms with E-state index in [1.807, 2.05) is 17.5 Å². The highest BCUT2D eigenvalue weighted by atomic mass is 32.1. The van der Waals surface area contributed by atoms with Gasteiger partial charge in [-0.2, -0.15) is 11.3 Å². The van der Waals surface area contributed by atoms with Crippen LogP contribution in [0.1, 0.15) is 39.1 Å². The first kappa shape index (κ1) is 22.5. The topological polar surface area (TPSA) is 107 Å².